The molecule has 1 amide bonds. The summed E-state index contributed by atoms with van der Waals surface area (Å²) in [5.41, 5.74) is 0.536. The van der Waals surface area contributed by atoms with Crippen molar-refractivity contribution in [2.75, 3.05) is 24.4 Å². The van der Waals surface area contributed by atoms with Crippen molar-refractivity contribution in [1.82, 2.24) is 0 Å². The van der Waals surface area contributed by atoms with Crippen LogP contribution in [0.15, 0.2) is 24.3 Å². The Morgan fingerprint density at radius 2 is 2.00 bits per heavy atom. The number of anilines is 1. The molecule has 0 aliphatic rings. The van der Waals surface area contributed by atoms with Crippen LogP contribution in [0.5, 0.6) is 5.75 Å². The number of benzene rings is 1. The lowest BCUT2D eigenvalue weighted by atomic mass is 10.3. The zero-order valence-electron chi connectivity index (χ0n) is 9.76. The maximum atomic E-state index is 11.5. The van der Waals surface area contributed by atoms with E-state index in [0.717, 1.165) is 6.26 Å². The number of amides is 1. The van der Waals surface area contributed by atoms with Gasteiger partial charge in [0.25, 0.3) is 0 Å². The molecule has 0 radical (unpaired) electrons. The van der Waals surface area contributed by atoms with Crippen LogP contribution in [0.3, 0.4) is 0 Å². The van der Waals surface area contributed by atoms with Crippen LogP contribution < -0.4 is 10.1 Å². The Morgan fingerprint density at radius 1 is 1.35 bits per heavy atom. The molecule has 1 N–H and O–H groups in total. The molecule has 0 aliphatic carbocycles. The number of ether oxygens (including phenoxy) is 1. The van der Waals surface area contributed by atoms with Gasteiger partial charge in [0, 0.05) is 12.7 Å². The van der Waals surface area contributed by atoms with Gasteiger partial charge in [0.15, 0.2) is 0 Å². The van der Waals surface area contributed by atoms with Crippen LogP contribution >= 0.6 is 0 Å². The molecule has 1 aromatic carbocycles. The summed E-state index contributed by atoms with van der Waals surface area (Å²) in [6, 6.07) is 6.95. The number of hydrogen-bond acceptors (Lipinski definition) is 4. The quantitative estimate of drug-likeness (QED) is 0.856. The van der Waals surface area contributed by atoms with Crippen molar-refractivity contribution in [3.63, 3.8) is 0 Å². The van der Waals surface area contributed by atoms with E-state index in [4.69, 9.17) is 4.74 Å². The van der Waals surface area contributed by atoms with E-state index in [1.54, 1.807) is 24.3 Å². The number of nitrogens with one attached hydrogen (secondary N) is 1. The summed E-state index contributed by atoms with van der Waals surface area (Å²) in [4.78, 5) is 11.5. The van der Waals surface area contributed by atoms with Crippen molar-refractivity contribution < 1.29 is 17.9 Å². The van der Waals surface area contributed by atoms with Crippen LogP contribution in [0.4, 0.5) is 5.69 Å². The average Bonchev–Trinajstić information content (AvgIpc) is 2.26. The maximum absolute atomic E-state index is 11.5. The van der Waals surface area contributed by atoms with E-state index in [1.807, 2.05) is 0 Å². The highest BCUT2D eigenvalue weighted by molar-refractivity contribution is 7.90. The number of para-hydroxylation sites is 2. The van der Waals surface area contributed by atoms with Crippen LogP contribution in [0.1, 0.15) is 6.42 Å². The minimum absolute atomic E-state index is 0.0586. The summed E-state index contributed by atoms with van der Waals surface area (Å²) in [5.74, 6) is 0.0358. The highest BCUT2D eigenvalue weighted by Crippen LogP contribution is 2.22. The predicted molar refractivity (Wildman–Crippen MR) is 66.0 cm³/mol. The average molecular weight is 257 g/mol. The first-order valence-electron chi connectivity index (χ1n) is 5.03. The van der Waals surface area contributed by atoms with E-state index in [2.05, 4.69) is 5.32 Å². The lowest BCUT2D eigenvalue weighted by molar-refractivity contribution is -0.115. The predicted octanol–water partition coefficient (Wildman–Crippen LogP) is 1.07. The van der Waals surface area contributed by atoms with Gasteiger partial charge in [-0.2, -0.15) is 0 Å². The molecule has 0 unspecified atom stereocenters. The van der Waals surface area contributed by atoms with Crippen LogP contribution in [0.25, 0.3) is 0 Å². The van der Waals surface area contributed by atoms with Crippen LogP contribution in [0.2, 0.25) is 0 Å². The largest absolute Gasteiger partial charge is 0.495 e. The summed E-state index contributed by atoms with van der Waals surface area (Å²) < 4.78 is 26.9. The molecule has 1 rings (SSSR count). The zero-order chi connectivity index (χ0) is 12.9. The van der Waals surface area contributed by atoms with Crippen LogP contribution in [-0.4, -0.2) is 33.4 Å². The minimum atomic E-state index is -3.12. The maximum Gasteiger partial charge on any atom is 0.225 e. The Kier molecular flexibility index (Phi) is 4.51. The normalized spacial score (nSPS) is 10.9. The smallest absolute Gasteiger partial charge is 0.225 e. The summed E-state index contributed by atoms with van der Waals surface area (Å²) in [6.07, 6.45) is 1.04. The van der Waals surface area contributed by atoms with Gasteiger partial charge in [0.05, 0.1) is 18.6 Å². The monoisotopic (exact) mass is 257 g/mol. The summed E-state index contributed by atoms with van der Waals surface area (Å²) in [5, 5.41) is 2.61. The number of carbonyl (C=O) groups is 1. The topological polar surface area (TPSA) is 72.5 Å². The Labute approximate surface area is 101 Å². The molecule has 17 heavy (non-hydrogen) atoms. The molecule has 6 heteroatoms. The first kappa shape index (κ1) is 13.5. The highest BCUT2D eigenvalue weighted by Gasteiger charge is 2.10. The minimum Gasteiger partial charge on any atom is -0.495 e. The van der Waals surface area contributed by atoms with Gasteiger partial charge in [0.2, 0.25) is 5.91 Å². The molecule has 0 aromatic heterocycles. The van der Waals surface area contributed by atoms with E-state index in [1.165, 1.54) is 7.11 Å². The first-order valence-corrected chi connectivity index (χ1v) is 7.09. The van der Waals surface area contributed by atoms with Gasteiger partial charge in [-0.25, -0.2) is 8.42 Å². The fraction of sp³-hybridized carbons (Fsp3) is 0.364. The van der Waals surface area contributed by atoms with E-state index < -0.39 is 9.84 Å². The van der Waals surface area contributed by atoms with Gasteiger partial charge in [-0.1, -0.05) is 12.1 Å². The van der Waals surface area contributed by atoms with Crippen LogP contribution in [0, 0.1) is 0 Å². The molecule has 0 bridgehead atoms. The van der Waals surface area contributed by atoms with Crippen molar-refractivity contribution in [1.29, 1.82) is 0 Å². The highest BCUT2D eigenvalue weighted by atomic mass is 32.2. The van der Waals surface area contributed by atoms with Crippen molar-refractivity contribution in [3.05, 3.63) is 24.3 Å². The molecular weight excluding hydrogens is 242 g/mol. The standard InChI is InChI=1S/C11H15NO4S/c1-16-10-6-4-3-5-9(10)12-11(13)7-8-17(2,14)15/h3-6H,7-8H2,1-2H3,(H,12,13). The molecule has 94 valence electrons. The van der Waals surface area contributed by atoms with E-state index in [-0.39, 0.29) is 18.1 Å². The van der Waals surface area contributed by atoms with Gasteiger partial charge in [0.1, 0.15) is 15.6 Å². The Hall–Kier alpha value is -1.56. The Balaban J connectivity index is 2.62. The molecule has 1 aromatic rings. The summed E-state index contributed by atoms with van der Waals surface area (Å²) >= 11 is 0. The van der Waals surface area contributed by atoms with Crippen molar-refractivity contribution >= 4 is 21.4 Å². The lowest BCUT2D eigenvalue weighted by Crippen LogP contribution is -2.16. The molecule has 0 aliphatic heterocycles. The molecule has 0 fully saturated rings. The second kappa shape index (κ2) is 5.67. The second-order valence-electron chi connectivity index (χ2n) is 3.63. The first-order chi connectivity index (χ1) is 7.92. The number of rotatable bonds is 5. The third-order valence-corrected chi connectivity index (χ3v) is 3.03. The Morgan fingerprint density at radius 3 is 2.59 bits per heavy atom. The molecule has 0 saturated heterocycles. The fourth-order valence-electron chi connectivity index (χ4n) is 1.24. The number of methoxy groups -OCH3 is 1. The van der Waals surface area contributed by atoms with Gasteiger partial charge < -0.3 is 10.1 Å². The molecule has 0 saturated carbocycles. The van der Waals surface area contributed by atoms with E-state index in [0.29, 0.717) is 11.4 Å². The lowest BCUT2D eigenvalue weighted by Gasteiger charge is -2.09. The second-order valence-corrected chi connectivity index (χ2v) is 5.89. The third kappa shape index (κ3) is 4.86. The zero-order valence-corrected chi connectivity index (χ0v) is 10.6. The van der Waals surface area contributed by atoms with Gasteiger partial charge in [-0.3, -0.25) is 4.79 Å². The van der Waals surface area contributed by atoms with Crippen molar-refractivity contribution in [2.24, 2.45) is 0 Å². The number of carbonyl (C=O) groups excluding carboxylic acids is 1. The van der Waals surface area contributed by atoms with Gasteiger partial charge in [-0.05, 0) is 12.1 Å². The van der Waals surface area contributed by atoms with Crippen molar-refractivity contribution in [3.8, 4) is 5.75 Å². The molecule has 5 nitrogen and oxygen atoms in total. The van der Waals surface area contributed by atoms with E-state index in [9.17, 15) is 13.2 Å². The van der Waals surface area contributed by atoms with Gasteiger partial charge in [-0.15, -0.1) is 0 Å². The van der Waals surface area contributed by atoms with Crippen LogP contribution in [-0.2, 0) is 14.6 Å². The number of hydrogen-bond donors (Lipinski definition) is 1. The van der Waals surface area contributed by atoms with E-state index >= 15 is 0 Å². The molecular formula is C11H15NO4S. The molecule has 0 atom stereocenters. The third-order valence-electron chi connectivity index (χ3n) is 2.08. The van der Waals surface area contributed by atoms with Crippen molar-refractivity contribution in [2.45, 2.75) is 6.42 Å². The molecule has 0 heterocycles. The van der Waals surface area contributed by atoms with Gasteiger partial charge >= 0.3 is 0 Å². The summed E-state index contributed by atoms with van der Waals surface area (Å²) in [7, 11) is -1.62. The number of sulfone groups is 1. The summed E-state index contributed by atoms with van der Waals surface area (Å²) in [6.45, 7) is 0. The molecule has 0 spiro atoms. The Bertz CT molecular complexity index is 496. The fourth-order valence-corrected chi connectivity index (χ4v) is 1.79. The SMILES string of the molecule is COc1ccccc1NC(=O)CCS(C)(=O)=O.